The van der Waals surface area contributed by atoms with E-state index in [0.29, 0.717) is 11.4 Å². The molecule has 150 valence electrons. The maximum absolute atomic E-state index is 12.6. The number of ether oxygens (including phenoxy) is 1. The van der Waals surface area contributed by atoms with Crippen LogP contribution in [-0.4, -0.2) is 24.0 Å². The lowest BCUT2D eigenvalue weighted by Gasteiger charge is -2.21. The number of methoxy groups -OCH3 is 1. The van der Waals surface area contributed by atoms with Gasteiger partial charge in [0.25, 0.3) is 0 Å². The van der Waals surface area contributed by atoms with Crippen LogP contribution in [0.5, 0.6) is 11.5 Å². The second-order valence-electron chi connectivity index (χ2n) is 7.76. The zero-order valence-corrected chi connectivity index (χ0v) is 17.0. The topological polar surface area (TPSA) is 87.7 Å². The van der Waals surface area contributed by atoms with E-state index in [1.54, 1.807) is 31.4 Å². The molecule has 0 aliphatic heterocycles. The van der Waals surface area contributed by atoms with Crippen molar-refractivity contribution >= 4 is 17.5 Å². The summed E-state index contributed by atoms with van der Waals surface area (Å²) in [5.41, 5.74) is 2.02. The fourth-order valence-electron chi connectivity index (χ4n) is 2.82. The van der Waals surface area contributed by atoms with E-state index < -0.39 is 6.04 Å². The van der Waals surface area contributed by atoms with Crippen LogP contribution >= 0.6 is 0 Å². The van der Waals surface area contributed by atoms with Gasteiger partial charge in [0.1, 0.15) is 11.5 Å². The second-order valence-corrected chi connectivity index (χ2v) is 7.76. The van der Waals surface area contributed by atoms with Crippen molar-refractivity contribution in [3.63, 3.8) is 0 Å². The molecular weight excluding hydrogens is 356 g/mol. The van der Waals surface area contributed by atoms with Crippen LogP contribution in [-0.2, 0) is 15.0 Å². The molecule has 2 aromatic carbocycles. The maximum Gasteiger partial charge on any atom is 0.226 e. The van der Waals surface area contributed by atoms with Gasteiger partial charge >= 0.3 is 0 Å². The first-order valence-corrected chi connectivity index (χ1v) is 9.14. The van der Waals surface area contributed by atoms with Crippen LogP contribution in [0.3, 0.4) is 0 Å². The maximum atomic E-state index is 12.6. The highest BCUT2D eigenvalue weighted by molar-refractivity contribution is 5.93. The highest BCUT2D eigenvalue weighted by Gasteiger charge is 2.20. The molecule has 1 atom stereocenters. The van der Waals surface area contributed by atoms with E-state index in [1.807, 2.05) is 18.2 Å². The van der Waals surface area contributed by atoms with Gasteiger partial charge in [-0.25, -0.2) is 0 Å². The molecule has 0 saturated carbocycles. The molecule has 0 radical (unpaired) electrons. The molecule has 3 N–H and O–H groups in total. The van der Waals surface area contributed by atoms with Crippen LogP contribution in [0.1, 0.15) is 51.3 Å². The van der Waals surface area contributed by atoms with E-state index in [0.717, 1.165) is 11.1 Å². The third kappa shape index (κ3) is 5.74. The molecule has 0 aliphatic carbocycles. The minimum atomic E-state index is -0.489. The van der Waals surface area contributed by atoms with Gasteiger partial charge in [-0.15, -0.1) is 0 Å². The number of amides is 2. The Bertz CT molecular complexity index is 839. The SMILES string of the molecule is COc1ccc(C(CC(=O)Nc2cc(C(C)(C)C)ccc2O)NC(C)=O)cc1. The van der Waals surface area contributed by atoms with Crippen LogP contribution in [0, 0.1) is 0 Å². The Morgan fingerprint density at radius 3 is 2.29 bits per heavy atom. The van der Waals surface area contributed by atoms with Crippen LogP contribution < -0.4 is 15.4 Å². The minimum absolute atomic E-state index is 0.00174. The molecule has 0 saturated heterocycles. The van der Waals surface area contributed by atoms with Crippen molar-refractivity contribution in [1.82, 2.24) is 5.32 Å². The van der Waals surface area contributed by atoms with Gasteiger partial charge in [0.05, 0.1) is 25.3 Å². The van der Waals surface area contributed by atoms with Crippen molar-refractivity contribution < 1.29 is 19.4 Å². The number of phenolic OH excluding ortho intramolecular Hbond substituents is 1. The van der Waals surface area contributed by atoms with E-state index >= 15 is 0 Å². The Labute approximate surface area is 165 Å². The smallest absolute Gasteiger partial charge is 0.226 e. The second kappa shape index (κ2) is 8.78. The number of phenols is 1. The highest BCUT2D eigenvalue weighted by Crippen LogP contribution is 2.31. The number of anilines is 1. The van der Waals surface area contributed by atoms with Crippen molar-refractivity contribution in [1.29, 1.82) is 0 Å². The summed E-state index contributed by atoms with van der Waals surface area (Å²) in [6.45, 7) is 7.58. The molecule has 1 unspecified atom stereocenters. The standard InChI is InChI=1S/C22H28N2O4/c1-14(25)23-18(15-6-9-17(28-5)10-7-15)13-21(27)24-19-12-16(22(2,3)4)8-11-20(19)26/h6-12,18,26H,13H2,1-5H3,(H,23,25)(H,24,27). The van der Waals surface area contributed by atoms with Gasteiger partial charge in [-0.05, 0) is 40.8 Å². The van der Waals surface area contributed by atoms with Crippen molar-refractivity contribution in [3.8, 4) is 11.5 Å². The molecule has 2 aromatic rings. The Morgan fingerprint density at radius 1 is 1.11 bits per heavy atom. The first-order chi connectivity index (χ1) is 13.1. The summed E-state index contributed by atoms with van der Waals surface area (Å²) >= 11 is 0. The normalized spacial score (nSPS) is 12.2. The van der Waals surface area contributed by atoms with Crippen LogP contribution in [0.2, 0.25) is 0 Å². The average molecular weight is 384 g/mol. The molecule has 0 heterocycles. The van der Waals surface area contributed by atoms with E-state index in [4.69, 9.17) is 4.74 Å². The van der Waals surface area contributed by atoms with E-state index in [2.05, 4.69) is 31.4 Å². The number of rotatable bonds is 6. The Hall–Kier alpha value is -3.02. The van der Waals surface area contributed by atoms with Crippen LogP contribution in [0.15, 0.2) is 42.5 Å². The zero-order valence-electron chi connectivity index (χ0n) is 17.0. The van der Waals surface area contributed by atoms with Crippen LogP contribution in [0.25, 0.3) is 0 Å². The molecule has 2 amide bonds. The number of aromatic hydroxyl groups is 1. The van der Waals surface area contributed by atoms with E-state index in [9.17, 15) is 14.7 Å². The summed E-state index contributed by atoms with van der Waals surface area (Å²) in [5, 5.41) is 15.7. The Kier molecular flexibility index (Phi) is 6.67. The van der Waals surface area contributed by atoms with Crippen molar-refractivity contribution in [2.24, 2.45) is 0 Å². The van der Waals surface area contributed by atoms with Crippen molar-refractivity contribution in [2.45, 2.75) is 45.6 Å². The minimum Gasteiger partial charge on any atom is -0.506 e. The predicted molar refractivity (Wildman–Crippen MR) is 110 cm³/mol. The summed E-state index contributed by atoms with van der Waals surface area (Å²) in [7, 11) is 1.58. The Morgan fingerprint density at radius 2 is 1.75 bits per heavy atom. The molecule has 0 aromatic heterocycles. The zero-order chi connectivity index (χ0) is 20.9. The third-order valence-corrected chi connectivity index (χ3v) is 4.42. The highest BCUT2D eigenvalue weighted by atomic mass is 16.5. The van der Waals surface area contributed by atoms with Crippen molar-refractivity contribution in [3.05, 3.63) is 53.6 Å². The molecule has 6 nitrogen and oxygen atoms in total. The average Bonchev–Trinajstić information content (AvgIpc) is 2.61. The molecule has 0 bridgehead atoms. The summed E-state index contributed by atoms with van der Waals surface area (Å²) in [5.74, 6) is 0.155. The number of carbonyl (C=O) groups is 2. The number of nitrogens with one attached hydrogen (secondary N) is 2. The fourth-order valence-corrected chi connectivity index (χ4v) is 2.82. The molecule has 0 aliphatic rings. The van der Waals surface area contributed by atoms with Crippen LogP contribution in [0.4, 0.5) is 5.69 Å². The van der Waals surface area contributed by atoms with E-state index in [1.165, 1.54) is 6.92 Å². The first kappa shape index (κ1) is 21.3. The lowest BCUT2D eigenvalue weighted by molar-refractivity contribution is -0.120. The fraction of sp³-hybridized carbons (Fsp3) is 0.364. The van der Waals surface area contributed by atoms with Gasteiger partial charge in [-0.2, -0.15) is 0 Å². The lowest BCUT2D eigenvalue weighted by Crippen LogP contribution is -2.29. The first-order valence-electron chi connectivity index (χ1n) is 9.14. The number of benzene rings is 2. The van der Waals surface area contributed by atoms with Gasteiger partial charge in [0, 0.05) is 6.92 Å². The quantitative estimate of drug-likeness (QED) is 0.659. The molecule has 0 spiro atoms. The molecule has 28 heavy (non-hydrogen) atoms. The van der Waals surface area contributed by atoms with Gasteiger partial charge in [-0.3, -0.25) is 9.59 Å². The third-order valence-electron chi connectivity index (χ3n) is 4.42. The largest absolute Gasteiger partial charge is 0.506 e. The molecular formula is C22H28N2O4. The predicted octanol–water partition coefficient (Wildman–Crippen LogP) is 3.90. The van der Waals surface area contributed by atoms with Gasteiger partial charge in [-0.1, -0.05) is 39.0 Å². The van der Waals surface area contributed by atoms with E-state index in [-0.39, 0.29) is 29.4 Å². The molecule has 6 heteroatoms. The number of hydrogen-bond acceptors (Lipinski definition) is 4. The Balaban J connectivity index is 2.18. The van der Waals surface area contributed by atoms with Gasteiger partial charge in [0.2, 0.25) is 11.8 Å². The summed E-state index contributed by atoms with van der Waals surface area (Å²) in [6, 6.07) is 11.9. The molecule has 0 fully saturated rings. The van der Waals surface area contributed by atoms with Gasteiger partial charge in [0.15, 0.2) is 0 Å². The molecule has 2 rings (SSSR count). The lowest BCUT2D eigenvalue weighted by atomic mass is 9.87. The van der Waals surface area contributed by atoms with Gasteiger partial charge < -0.3 is 20.5 Å². The number of carbonyl (C=O) groups excluding carboxylic acids is 2. The monoisotopic (exact) mass is 384 g/mol. The van der Waals surface area contributed by atoms with Crippen molar-refractivity contribution in [2.75, 3.05) is 12.4 Å². The summed E-state index contributed by atoms with van der Waals surface area (Å²) in [6.07, 6.45) is 0.0328. The number of hydrogen-bond donors (Lipinski definition) is 3. The summed E-state index contributed by atoms with van der Waals surface area (Å²) in [4.78, 5) is 24.2. The summed E-state index contributed by atoms with van der Waals surface area (Å²) < 4.78 is 5.15.